The molecule has 2 aliphatic rings. The number of aromatic nitrogens is 3. The number of piperidine rings is 1. The number of aryl methyl sites for hydroxylation is 2. The summed E-state index contributed by atoms with van der Waals surface area (Å²) in [6.45, 7) is 5.00. The molecule has 1 saturated heterocycles. The Balaban J connectivity index is 1.42. The summed E-state index contributed by atoms with van der Waals surface area (Å²) < 4.78 is 0. The molecule has 0 aromatic carbocycles. The number of carbonyl (C=O) groups is 1. The number of nitrogens with one attached hydrogen (secondary N) is 1. The van der Waals surface area contributed by atoms with Gasteiger partial charge in [0.05, 0.1) is 16.2 Å². The normalized spacial score (nSPS) is 18.3. The Morgan fingerprint density at radius 1 is 1.28 bits per heavy atom. The first-order valence-electron chi connectivity index (χ1n) is 9.87. The van der Waals surface area contributed by atoms with E-state index in [4.69, 9.17) is 0 Å². The van der Waals surface area contributed by atoms with Crippen LogP contribution in [0.15, 0.2) is 24.5 Å². The number of rotatable bonds is 5. The molecular weight excluding hydrogens is 372 g/mol. The molecule has 3 heterocycles. The van der Waals surface area contributed by atoms with Gasteiger partial charge in [-0.15, -0.1) is 0 Å². The summed E-state index contributed by atoms with van der Waals surface area (Å²) in [5.74, 6) is 1.30. The highest BCUT2D eigenvalue weighted by Gasteiger charge is 2.51. The van der Waals surface area contributed by atoms with Gasteiger partial charge >= 0.3 is 5.69 Å². The van der Waals surface area contributed by atoms with E-state index in [0.717, 1.165) is 25.7 Å². The number of amides is 1. The van der Waals surface area contributed by atoms with Gasteiger partial charge in [0.2, 0.25) is 5.82 Å². The van der Waals surface area contributed by atoms with E-state index in [1.807, 2.05) is 11.8 Å². The summed E-state index contributed by atoms with van der Waals surface area (Å²) in [6, 6.07) is 3.07. The molecule has 152 valence electrons. The molecule has 0 radical (unpaired) electrons. The number of hydrogen-bond donors (Lipinski definition) is 1. The summed E-state index contributed by atoms with van der Waals surface area (Å²) >= 11 is 0. The first-order chi connectivity index (χ1) is 13.9. The maximum Gasteiger partial charge on any atom is 0.311 e. The Morgan fingerprint density at radius 3 is 2.62 bits per heavy atom. The highest BCUT2D eigenvalue weighted by molar-refractivity contribution is 5.95. The lowest BCUT2D eigenvalue weighted by atomic mass is 9.87. The zero-order chi connectivity index (χ0) is 20.6. The fraction of sp³-hybridized carbons (Fsp3) is 0.500. The van der Waals surface area contributed by atoms with Crippen LogP contribution in [0.1, 0.15) is 47.6 Å². The summed E-state index contributed by atoms with van der Waals surface area (Å²) in [4.78, 5) is 38.3. The largest absolute Gasteiger partial charge is 0.351 e. The summed E-state index contributed by atoms with van der Waals surface area (Å²) in [5.41, 5.74) is 1.05. The molecule has 1 saturated carbocycles. The van der Waals surface area contributed by atoms with Crippen LogP contribution in [0.3, 0.4) is 0 Å². The van der Waals surface area contributed by atoms with Crippen LogP contribution in [-0.2, 0) is 0 Å². The van der Waals surface area contributed by atoms with Crippen molar-refractivity contribution in [2.24, 2.45) is 5.92 Å². The van der Waals surface area contributed by atoms with Gasteiger partial charge in [0.1, 0.15) is 5.82 Å². The van der Waals surface area contributed by atoms with E-state index < -0.39 is 0 Å². The zero-order valence-electron chi connectivity index (χ0n) is 16.6. The molecule has 29 heavy (non-hydrogen) atoms. The third kappa shape index (κ3) is 3.76. The smallest absolute Gasteiger partial charge is 0.311 e. The van der Waals surface area contributed by atoms with Crippen LogP contribution in [0.5, 0.6) is 0 Å². The molecule has 0 bridgehead atoms. The molecule has 2 aromatic heterocycles. The van der Waals surface area contributed by atoms with E-state index >= 15 is 0 Å². The first-order valence-corrected chi connectivity index (χ1v) is 9.87. The van der Waals surface area contributed by atoms with Gasteiger partial charge in [0.25, 0.3) is 5.91 Å². The van der Waals surface area contributed by atoms with E-state index in [1.165, 1.54) is 6.07 Å². The fourth-order valence-electron chi connectivity index (χ4n) is 4.29. The van der Waals surface area contributed by atoms with Crippen molar-refractivity contribution >= 4 is 17.4 Å². The van der Waals surface area contributed by atoms with Gasteiger partial charge in [-0.05, 0) is 51.5 Å². The van der Waals surface area contributed by atoms with Gasteiger partial charge in [-0.2, -0.15) is 0 Å². The Kier molecular flexibility index (Phi) is 4.89. The summed E-state index contributed by atoms with van der Waals surface area (Å²) in [6.07, 6.45) is 6.81. The molecule has 1 amide bonds. The standard InChI is InChI=1S/C20H24N6O3/c1-13-16(12-22-14(2)23-13)19(27)24-20(7-8-20)15-5-10-25(11-6-15)18-17(26(28)29)4-3-9-21-18/h3-4,9,12,15H,5-8,10-11H2,1-2H3,(H,24,27). The molecule has 1 aliphatic heterocycles. The predicted octanol–water partition coefficient (Wildman–Crippen LogP) is 2.58. The fourth-order valence-corrected chi connectivity index (χ4v) is 4.29. The molecular formula is C20H24N6O3. The van der Waals surface area contributed by atoms with Crippen LogP contribution < -0.4 is 10.2 Å². The molecule has 0 atom stereocenters. The topological polar surface area (TPSA) is 114 Å². The Bertz CT molecular complexity index is 951. The molecule has 0 spiro atoms. The molecule has 0 unspecified atom stereocenters. The predicted molar refractivity (Wildman–Crippen MR) is 107 cm³/mol. The minimum Gasteiger partial charge on any atom is -0.351 e. The van der Waals surface area contributed by atoms with Crippen molar-refractivity contribution in [1.29, 1.82) is 0 Å². The third-order valence-electron chi connectivity index (χ3n) is 6.03. The first kappa shape index (κ1) is 19.2. The molecule has 2 aromatic rings. The second kappa shape index (κ2) is 7.38. The monoisotopic (exact) mass is 396 g/mol. The highest BCUT2D eigenvalue weighted by Crippen LogP contribution is 2.47. The van der Waals surface area contributed by atoms with Gasteiger partial charge in [-0.25, -0.2) is 15.0 Å². The van der Waals surface area contributed by atoms with E-state index in [1.54, 1.807) is 25.4 Å². The Hall–Kier alpha value is -3.10. The third-order valence-corrected chi connectivity index (χ3v) is 6.03. The maximum atomic E-state index is 12.8. The van der Waals surface area contributed by atoms with Gasteiger partial charge in [-0.3, -0.25) is 14.9 Å². The summed E-state index contributed by atoms with van der Waals surface area (Å²) in [7, 11) is 0. The van der Waals surface area contributed by atoms with E-state index in [9.17, 15) is 14.9 Å². The van der Waals surface area contributed by atoms with Crippen molar-refractivity contribution in [3.8, 4) is 0 Å². The van der Waals surface area contributed by atoms with Crippen LogP contribution in [0.2, 0.25) is 0 Å². The average Bonchev–Trinajstić information content (AvgIpc) is 3.48. The second-order valence-electron chi connectivity index (χ2n) is 7.89. The highest BCUT2D eigenvalue weighted by atomic mass is 16.6. The van der Waals surface area contributed by atoms with Crippen molar-refractivity contribution in [1.82, 2.24) is 20.3 Å². The molecule has 2 fully saturated rings. The van der Waals surface area contributed by atoms with Gasteiger partial charge in [-0.1, -0.05) is 0 Å². The van der Waals surface area contributed by atoms with E-state index in [-0.39, 0.29) is 22.1 Å². The lowest BCUT2D eigenvalue weighted by Gasteiger charge is -2.37. The minimum atomic E-state index is -0.386. The van der Waals surface area contributed by atoms with Gasteiger partial charge < -0.3 is 10.2 Å². The van der Waals surface area contributed by atoms with Gasteiger partial charge in [0, 0.05) is 37.1 Å². The van der Waals surface area contributed by atoms with Crippen LogP contribution in [-0.4, -0.2) is 44.4 Å². The number of carbonyl (C=O) groups excluding carboxylic acids is 1. The van der Waals surface area contributed by atoms with Crippen molar-refractivity contribution in [2.75, 3.05) is 18.0 Å². The molecule has 1 aliphatic carbocycles. The number of pyridine rings is 1. The molecule has 1 N–H and O–H groups in total. The van der Waals surface area contributed by atoms with Crippen molar-refractivity contribution in [3.63, 3.8) is 0 Å². The average molecular weight is 396 g/mol. The quantitative estimate of drug-likeness (QED) is 0.610. The SMILES string of the molecule is Cc1ncc(C(=O)NC2(C3CCN(c4ncccc4[N+](=O)[O-])CC3)CC2)c(C)n1. The van der Waals surface area contributed by atoms with Crippen LogP contribution in [0.4, 0.5) is 11.5 Å². The van der Waals surface area contributed by atoms with E-state index in [0.29, 0.717) is 41.9 Å². The number of hydrogen-bond acceptors (Lipinski definition) is 7. The molecule has 4 rings (SSSR count). The number of anilines is 1. The van der Waals surface area contributed by atoms with E-state index in [2.05, 4.69) is 20.3 Å². The van der Waals surface area contributed by atoms with Crippen molar-refractivity contribution < 1.29 is 9.72 Å². The second-order valence-corrected chi connectivity index (χ2v) is 7.89. The van der Waals surface area contributed by atoms with Crippen LogP contribution in [0, 0.1) is 29.9 Å². The minimum absolute atomic E-state index is 0.0373. The zero-order valence-corrected chi connectivity index (χ0v) is 16.6. The lowest BCUT2D eigenvalue weighted by Crippen LogP contribution is -2.47. The van der Waals surface area contributed by atoms with Crippen molar-refractivity contribution in [3.05, 3.63) is 51.7 Å². The van der Waals surface area contributed by atoms with Crippen molar-refractivity contribution in [2.45, 2.75) is 45.1 Å². The Labute approximate surface area is 168 Å². The molecule has 9 nitrogen and oxygen atoms in total. The van der Waals surface area contributed by atoms with Crippen LogP contribution >= 0.6 is 0 Å². The summed E-state index contributed by atoms with van der Waals surface area (Å²) in [5, 5.41) is 14.5. The number of nitro groups is 1. The molecule has 9 heteroatoms. The number of nitrogens with zero attached hydrogens (tertiary/aromatic N) is 5. The van der Waals surface area contributed by atoms with Gasteiger partial charge in [0.15, 0.2) is 0 Å². The van der Waals surface area contributed by atoms with Crippen LogP contribution in [0.25, 0.3) is 0 Å². The maximum absolute atomic E-state index is 12.8. The Morgan fingerprint density at radius 2 is 2.00 bits per heavy atom. The lowest BCUT2D eigenvalue weighted by molar-refractivity contribution is -0.384.